The van der Waals surface area contributed by atoms with Crippen LogP contribution in [0.3, 0.4) is 0 Å². The van der Waals surface area contributed by atoms with Gasteiger partial charge in [-0.05, 0) is 35.1 Å². The van der Waals surface area contributed by atoms with Crippen molar-refractivity contribution in [3.8, 4) is 5.88 Å². The zero-order chi connectivity index (χ0) is 8.81. The molecule has 0 spiro atoms. The zero-order valence-corrected chi connectivity index (χ0v) is 9.24. The first kappa shape index (κ1) is 9.77. The van der Waals surface area contributed by atoms with E-state index in [2.05, 4.69) is 34.5 Å². The van der Waals surface area contributed by atoms with Gasteiger partial charge in [0.2, 0.25) is 5.88 Å². The summed E-state index contributed by atoms with van der Waals surface area (Å²) in [6.45, 7) is 2.91. The second kappa shape index (κ2) is 5.35. The summed E-state index contributed by atoms with van der Waals surface area (Å²) in [7, 11) is 0. The predicted molar refractivity (Wildman–Crippen MR) is 57.4 cm³/mol. The van der Waals surface area contributed by atoms with Crippen molar-refractivity contribution in [2.24, 2.45) is 0 Å². The van der Waals surface area contributed by atoms with Crippen LogP contribution in [0.15, 0.2) is 18.3 Å². The van der Waals surface area contributed by atoms with Gasteiger partial charge in [0.15, 0.2) is 0 Å². The highest BCUT2D eigenvalue weighted by Crippen LogP contribution is 2.11. The van der Waals surface area contributed by atoms with Gasteiger partial charge in [-0.15, -0.1) is 0 Å². The van der Waals surface area contributed by atoms with Gasteiger partial charge >= 0.3 is 0 Å². The average Bonchev–Trinajstić information content (AvgIpc) is 2.05. The standard InChI is InChI=1S/C9H12INO/c1-2-3-6-12-9-7-8(10)4-5-11-9/h4-5,7H,2-3,6H2,1H3. The van der Waals surface area contributed by atoms with Gasteiger partial charge in [0.1, 0.15) is 0 Å². The molecule has 0 N–H and O–H groups in total. The Hall–Kier alpha value is -0.320. The highest BCUT2D eigenvalue weighted by atomic mass is 127. The molecule has 1 aromatic heterocycles. The summed E-state index contributed by atoms with van der Waals surface area (Å²) in [5.41, 5.74) is 0. The quantitative estimate of drug-likeness (QED) is 0.623. The summed E-state index contributed by atoms with van der Waals surface area (Å²) in [4.78, 5) is 4.08. The molecule has 1 aromatic rings. The smallest absolute Gasteiger partial charge is 0.214 e. The highest BCUT2D eigenvalue weighted by molar-refractivity contribution is 14.1. The molecule has 12 heavy (non-hydrogen) atoms. The van der Waals surface area contributed by atoms with Crippen LogP contribution in [0.1, 0.15) is 19.8 Å². The molecule has 1 rings (SSSR count). The summed E-state index contributed by atoms with van der Waals surface area (Å²) in [6.07, 6.45) is 4.01. The molecule has 66 valence electrons. The SMILES string of the molecule is CCCCOc1cc(I)ccn1. The molecule has 0 aliphatic carbocycles. The fraction of sp³-hybridized carbons (Fsp3) is 0.444. The van der Waals surface area contributed by atoms with Crippen molar-refractivity contribution in [3.05, 3.63) is 21.9 Å². The lowest BCUT2D eigenvalue weighted by Gasteiger charge is -2.03. The molecule has 2 nitrogen and oxygen atoms in total. The summed E-state index contributed by atoms with van der Waals surface area (Å²) < 4.78 is 6.57. The van der Waals surface area contributed by atoms with Crippen LogP contribution < -0.4 is 4.74 Å². The Morgan fingerprint density at radius 2 is 2.42 bits per heavy atom. The minimum atomic E-state index is 0.732. The lowest BCUT2D eigenvalue weighted by atomic mass is 10.4. The molecule has 0 fully saturated rings. The maximum absolute atomic E-state index is 5.41. The number of pyridine rings is 1. The lowest BCUT2D eigenvalue weighted by molar-refractivity contribution is 0.297. The van der Waals surface area contributed by atoms with E-state index < -0.39 is 0 Å². The minimum absolute atomic E-state index is 0.732. The monoisotopic (exact) mass is 277 g/mol. The van der Waals surface area contributed by atoms with Crippen molar-refractivity contribution in [2.45, 2.75) is 19.8 Å². The molecule has 0 aliphatic heterocycles. The molecule has 0 aliphatic rings. The number of hydrogen-bond donors (Lipinski definition) is 0. The number of ether oxygens (including phenoxy) is 1. The van der Waals surface area contributed by atoms with E-state index in [1.165, 1.54) is 0 Å². The molecule has 0 atom stereocenters. The van der Waals surface area contributed by atoms with Gasteiger partial charge in [0.25, 0.3) is 0 Å². The Kier molecular flexibility index (Phi) is 4.35. The van der Waals surface area contributed by atoms with Crippen LogP contribution in [0, 0.1) is 3.57 Å². The third-order valence-corrected chi connectivity index (χ3v) is 2.12. The topological polar surface area (TPSA) is 22.1 Å². The summed E-state index contributed by atoms with van der Waals surface area (Å²) in [5, 5.41) is 0. The van der Waals surface area contributed by atoms with Crippen molar-refractivity contribution in [2.75, 3.05) is 6.61 Å². The Morgan fingerprint density at radius 3 is 3.08 bits per heavy atom. The van der Waals surface area contributed by atoms with Crippen molar-refractivity contribution >= 4 is 22.6 Å². The van der Waals surface area contributed by atoms with E-state index in [1.807, 2.05) is 12.1 Å². The van der Waals surface area contributed by atoms with E-state index in [1.54, 1.807) is 6.20 Å². The third-order valence-electron chi connectivity index (χ3n) is 1.44. The molecule has 0 unspecified atom stereocenters. The van der Waals surface area contributed by atoms with Crippen LogP contribution in [0.5, 0.6) is 5.88 Å². The van der Waals surface area contributed by atoms with Crippen molar-refractivity contribution in [3.63, 3.8) is 0 Å². The fourth-order valence-corrected chi connectivity index (χ4v) is 1.21. The first-order valence-corrected chi connectivity index (χ1v) is 5.15. The molecular weight excluding hydrogens is 265 g/mol. The van der Waals surface area contributed by atoms with Gasteiger partial charge < -0.3 is 4.74 Å². The Bertz CT molecular complexity index is 240. The fourth-order valence-electron chi connectivity index (χ4n) is 0.785. The molecule has 0 amide bonds. The molecule has 3 heteroatoms. The van der Waals surface area contributed by atoms with E-state index in [0.29, 0.717) is 0 Å². The summed E-state index contributed by atoms with van der Waals surface area (Å²) >= 11 is 2.25. The zero-order valence-electron chi connectivity index (χ0n) is 7.09. The second-order valence-corrected chi connectivity index (χ2v) is 3.76. The van der Waals surface area contributed by atoms with Gasteiger partial charge in [-0.2, -0.15) is 0 Å². The van der Waals surface area contributed by atoms with E-state index in [9.17, 15) is 0 Å². The molecule has 0 saturated heterocycles. The van der Waals surface area contributed by atoms with Crippen molar-refractivity contribution in [1.29, 1.82) is 0 Å². The van der Waals surface area contributed by atoms with Crippen LogP contribution in [0.4, 0.5) is 0 Å². The average molecular weight is 277 g/mol. The van der Waals surface area contributed by atoms with E-state index >= 15 is 0 Å². The van der Waals surface area contributed by atoms with E-state index in [-0.39, 0.29) is 0 Å². The van der Waals surface area contributed by atoms with Gasteiger partial charge in [0.05, 0.1) is 6.61 Å². The molecule has 0 bridgehead atoms. The van der Waals surface area contributed by atoms with Gasteiger partial charge in [0, 0.05) is 15.8 Å². The Labute approximate surface area is 86.5 Å². The molecule has 0 radical (unpaired) electrons. The Morgan fingerprint density at radius 1 is 1.58 bits per heavy atom. The lowest BCUT2D eigenvalue weighted by Crippen LogP contribution is -1.98. The third kappa shape index (κ3) is 3.38. The van der Waals surface area contributed by atoms with Crippen LogP contribution in [0.2, 0.25) is 0 Å². The first-order chi connectivity index (χ1) is 5.83. The van der Waals surface area contributed by atoms with Crippen LogP contribution in [-0.4, -0.2) is 11.6 Å². The maximum atomic E-state index is 5.41. The van der Waals surface area contributed by atoms with Crippen molar-refractivity contribution < 1.29 is 4.74 Å². The largest absolute Gasteiger partial charge is 0.478 e. The predicted octanol–water partition coefficient (Wildman–Crippen LogP) is 2.87. The molecular formula is C9H12INO. The summed E-state index contributed by atoms with van der Waals surface area (Å²) in [5.74, 6) is 0.732. The van der Waals surface area contributed by atoms with Gasteiger partial charge in [-0.25, -0.2) is 4.98 Å². The van der Waals surface area contributed by atoms with Crippen LogP contribution in [0.25, 0.3) is 0 Å². The molecule has 1 heterocycles. The second-order valence-electron chi connectivity index (χ2n) is 2.51. The number of aromatic nitrogens is 1. The van der Waals surface area contributed by atoms with Gasteiger partial charge in [-0.1, -0.05) is 13.3 Å². The maximum Gasteiger partial charge on any atom is 0.214 e. The van der Waals surface area contributed by atoms with E-state index in [4.69, 9.17) is 4.74 Å². The minimum Gasteiger partial charge on any atom is -0.478 e. The van der Waals surface area contributed by atoms with Gasteiger partial charge in [-0.3, -0.25) is 0 Å². The van der Waals surface area contributed by atoms with E-state index in [0.717, 1.165) is 28.9 Å². The summed E-state index contributed by atoms with van der Waals surface area (Å²) in [6, 6.07) is 3.89. The number of unbranched alkanes of at least 4 members (excludes halogenated alkanes) is 1. The van der Waals surface area contributed by atoms with Crippen molar-refractivity contribution in [1.82, 2.24) is 4.98 Å². The number of rotatable bonds is 4. The Balaban J connectivity index is 2.41. The van der Waals surface area contributed by atoms with Crippen LogP contribution >= 0.6 is 22.6 Å². The number of hydrogen-bond acceptors (Lipinski definition) is 2. The number of nitrogens with zero attached hydrogens (tertiary/aromatic N) is 1. The van der Waals surface area contributed by atoms with Crippen LogP contribution in [-0.2, 0) is 0 Å². The molecule has 0 saturated carbocycles. The molecule has 0 aromatic carbocycles. The highest BCUT2D eigenvalue weighted by Gasteiger charge is 1.94. The number of halogens is 1. The first-order valence-electron chi connectivity index (χ1n) is 4.07. The normalized spacial score (nSPS) is 9.83.